The third-order valence-electron chi connectivity index (χ3n) is 7.40. The van der Waals surface area contributed by atoms with Crippen LogP contribution in [0.2, 0.25) is 0 Å². The van der Waals surface area contributed by atoms with Gasteiger partial charge in [-0.05, 0) is 92.6 Å². The van der Waals surface area contributed by atoms with Crippen LogP contribution in [0, 0.1) is 0 Å². The van der Waals surface area contributed by atoms with Gasteiger partial charge in [0.15, 0.2) is 11.5 Å². The Morgan fingerprint density at radius 1 is 0.872 bits per heavy atom. The number of carbonyl (C=O) groups is 1. The highest BCUT2D eigenvalue weighted by atomic mass is 32.2. The van der Waals surface area contributed by atoms with Gasteiger partial charge in [-0.2, -0.15) is 0 Å². The Kier molecular flexibility index (Phi) is 11.6. The van der Waals surface area contributed by atoms with Crippen molar-refractivity contribution in [1.29, 1.82) is 0 Å². The van der Waals surface area contributed by atoms with E-state index in [-0.39, 0.29) is 18.0 Å². The summed E-state index contributed by atoms with van der Waals surface area (Å²) in [5.74, 6) is 1.58. The molecular weight excluding hydrogens is 504 g/mol. The minimum atomic E-state index is -0.136. The molecule has 0 saturated carbocycles. The van der Waals surface area contributed by atoms with Gasteiger partial charge in [0.1, 0.15) is 0 Å². The van der Waals surface area contributed by atoms with E-state index in [1.807, 2.05) is 18.2 Å². The van der Waals surface area contributed by atoms with E-state index in [2.05, 4.69) is 70.3 Å². The van der Waals surface area contributed by atoms with Crippen LogP contribution in [0.1, 0.15) is 56.1 Å². The first-order chi connectivity index (χ1) is 19.2. The molecule has 6 heteroatoms. The summed E-state index contributed by atoms with van der Waals surface area (Å²) in [6, 6.07) is 27.3. The van der Waals surface area contributed by atoms with Gasteiger partial charge in [0.25, 0.3) is 0 Å². The third-order valence-corrected chi connectivity index (χ3v) is 8.54. The molecule has 1 amide bonds. The monoisotopic (exact) mass is 546 g/mol. The molecule has 1 saturated heterocycles. The molecule has 0 aliphatic carbocycles. The van der Waals surface area contributed by atoms with Crippen LogP contribution in [-0.2, 0) is 17.6 Å². The fraction of sp³-hybridized carbons (Fsp3) is 0.424. The second-order valence-electron chi connectivity index (χ2n) is 10.2. The van der Waals surface area contributed by atoms with E-state index in [1.165, 1.54) is 11.1 Å². The summed E-state index contributed by atoms with van der Waals surface area (Å²) in [6.45, 7) is 0.893. The number of carbonyl (C=O) groups excluding carboxylic acids is 1. The molecule has 1 N–H and O–H groups in total. The first kappa shape index (κ1) is 29.0. The van der Waals surface area contributed by atoms with Crippen LogP contribution < -0.4 is 14.8 Å². The van der Waals surface area contributed by atoms with Crippen molar-refractivity contribution in [3.8, 4) is 11.5 Å². The number of nitrogens with zero attached hydrogens (tertiary/aromatic N) is 1. The zero-order chi connectivity index (χ0) is 27.3. The van der Waals surface area contributed by atoms with Crippen molar-refractivity contribution in [2.75, 3.05) is 20.8 Å². The predicted octanol–water partition coefficient (Wildman–Crippen LogP) is 7.10. The van der Waals surface area contributed by atoms with Crippen molar-refractivity contribution in [2.24, 2.45) is 0 Å². The third kappa shape index (κ3) is 9.04. The molecule has 0 bridgehead atoms. The maximum absolute atomic E-state index is 13.7. The number of aryl methyl sites for hydroxylation is 2. The highest BCUT2D eigenvalue weighted by Gasteiger charge is 2.31. The van der Waals surface area contributed by atoms with Crippen molar-refractivity contribution in [2.45, 2.75) is 74.8 Å². The summed E-state index contributed by atoms with van der Waals surface area (Å²) < 4.78 is 13.1. The second-order valence-corrected chi connectivity index (χ2v) is 11.3. The first-order valence-electron chi connectivity index (χ1n) is 14.2. The lowest BCUT2D eigenvalue weighted by Crippen LogP contribution is -2.49. The molecule has 0 radical (unpaired) electrons. The molecule has 1 aliphatic rings. The molecule has 4 rings (SSSR count). The molecule has 0 spiro atoms. The molecule has 1 aliphatic heterocycles. The lowest BCUT2D eigenvalue weighted by Gasteiger charge is -2.34. The Morgan fingerprint density at radius 3 is 2.08 bits per heavy atom. The normalized spacial score (nSPS) is 15.7. The smallest absolute Gasteiger partial charge is 0.238 e. The lowest BCUT2D eigenvalue weighted by molar-refractivity contribution is -0.126. The summed E-state index contributed by atoms with van der Waals surface area (Å²) in [5.41, 5.74) is 2.72. The number of amides is 1. The number of hydrogen-bond donors (Lipinski definition) is 1. The van der Waals surface area contributed by atoms with Crippen molar-refractivity contribution in [3.05, 3.63) is 90.0 Å². The molecule has 0 aromatic heterocycles. The molecule has 1 fully saturated rings. The van der Waals surface area contributed by atoms with Gasteiger partial charge in [-0.1, -0.05) is 67.1 Å². The summed E-state index contributed by atoms with van der Waals surface area (Å²) in [7, 11) is 3.30. The van der Waals surface area contributed by atoms with Crippen LogP contribution in [-0.4, -0.2) is 43.1 Å². The Balaban J connectivity index is 1.38. The van der Waals surface area contributed by atoms with Gasteiger partial charge < -0.3 is 14.8 Å². The van der Waals surface area contributed by atoms with Crippen molar-refractivity contribution >= 4 is 17.9 Å². The van der Waals surface area contributed by atoms with Gasteiger partial charge in [-0.3, -0.25) is 4.79 Å². The van der Waals surface area contributed by atoms with Crippen molar-refractivity contribution < 1.29 is 14.3 Å². The number of rotatable bonds is 14. The topological polar surface area (TPSA) is 50.8 Å². The molecular formula is C33H42N2O3S. The van der Waals surface area contributed by atoms with E-state index < -0.39 is 0 Å². The fourth-order valence-corrected chi connectivity index (χ4v) is 6.37. The predicted molar refractivity (Wildman–Crippen MR) is 160 cm³/mol. The molecule has 3 aromatic rings. The van der Waals surface area contributed by atoms with E-state index in [0.717, 1.165) is 69.2 Å². The SMILES string of the molecule is COc1ccc(SN2CCCCC2C(=O)NC(CCCc2ccccc2)CCCc2ccccc2)cc1OC. The number of hydrogen-bond acceptors (Lipinski definition) is 5. The van der Waals surface area contributed by atoms with Crippen LogP contribution >= 0.6 is 11.9 Å². The molecule has 1 unspecified atom stereocenters. The van der Waals surface area contributed by atoms with E-state index in [9.17, 15) is 4.79 Å². The summed E-state index contributed by atoms with van der Waals surface area (Å²) in [5, 5.41) is 3.48. The number of benzene rings is 3. The maximum atomic E-state index is 13.7. The highest BCUT2D eigenvalue weighted by Crippen LogP contribution is 2.36. The largest absolute Gasteiger partial charge is 0.493 e. The van der Waals surface area contributed by atoms with Gasteiger partial charge in [0.2, 0.25) is 5.91 Å². The zero-order valence-electron chi connectivity index (χ0n) is 23.3. The Morgan fingerprint density at radius 2 is 1.49 bits per heavy atom. The van der Waals surface area contributed by atoms with Crippen molar-refractivity contribution in [3.63, 3.8) is 0 Å². The summed E-state index contributed by atoms with van der Waals surface area (Å²) >= 11 is 1.64. The van der Waals surface area contributed by atoms with Crippen LogP contribution in [0.5, 0.6) is 11.5 Å². The number of methoxy groups -OCH3 is 2. The first-order valence-corrected chi connectivity index (χ1v) is 15.0. The summed E-state index contributed by atoms with van der Waals surface area (Å²) in [4.78, 5) is 14.7. The number of nitrogens with one attached hydrogen (secondary N) is 1. The van der Waals surface area contributed by atoms with E-state index in [0.29, 0.717) is 11.5 Å². The van der Waals surface area contributed by atoms with Crippen molar-refractivity contribution in [1.82, 2.24) is 9.62 Å². The average molecular weight is 547 g/mol. The van der Waals surface area contributed by atoms with Gasteiger partial charge in [-0.15, -0.1) is 0 Å². The Hall–Kier alpha value is -2.96. The highest BCUT2D eigenvalue weighted by molar-refractivity contribution is 7.97. The van der Waals surface area contributed by atoms with Crippen LogP contribution in [0.15, 0.2) is 83.8 Å². The molecule has 208 valence electrons. The number of ether oxygens (including phenoxy) is 2. The quantitative estimate of drug-likeness (QED) is 0.219. The minimum absolute atomic E-state index is 0.136. The Labute approximate surface area is 238 Å². The van der Waals surface area contributed by atoms with E-state index >= 15 is 0 Å². The average Bonchev–Trinajstić information content (AvgIpc) is 2.98. The molecule has 39 heavy (non-hydrogen) atoms. The Bertz CT molecular complexity index is 1100. The van der Waals surface area contributed by atoms with Crippen LogP contribution in [0.25, 0.3) is 0 Å². The maximum Gasteiger partial charge on any atom is 0.238 e. The zero-order valence-corrected chi connectivity index (χ0v) is 24.1. The van der Waals surface area contributed by atoms with Crippen LogP contribution in [0.3, 0.4) is 0 Å². The molecule has 1 atom stereocenters. The molecule has 3 aromatic carbocycles. The van der Waals surface area contributed by atoms with Crippen LogP contribution in [0.4, 0.5) is 0 Å². The standard InChI is InChI=1S/C33H42N2O3S/c1-37-31-23-22-29(25-32(31)38-2)39-35-24-10-9-21-30(35)33(36)34-28(19-11-17-26-13-5-3-6-14-26)20-12-18-27-15-7-4-8-16-27/h3-8,13-16,22-23,25,28,30H,9-12,17-21,24H2,1-2H3,(H,34,36). The summed E-state index contributed by atoms with van der Waals surface area (Å²) in [6.07, 6.45) is 9.25. The van der Waals surface area contributed by atoms with Gasteiger partial charge in [-0.25, -0.2) is 4.31 Å². The lowest BCUT2D eigenvalue weighted by atomic mass is 9.98. The van der Waals surface area contributed by atoms with E-state index in [4.69, 9.17) is 9.47 Å². The number of piperidine rings is 1. The van der Waals surface area contributed by atoms with Gasteiger partial charge in [0, 0.05) is 17.5 Å². The van der Waals surface area contributed by atoms with E-state index in [1.54, 1.807) is 26.2 Å². The molecule has 5 nitrogen and oxygen atoms in total. The molecule has 1 heterocycles. The van der Waals surface area contributed by atoms with Gasteiger partial charge >= 0.3 is 0 Å². The minimum Gasteiger partial charge on any atom is -0.493 e. The fourth-order valence-electron chi connectivity index (χ4n) is 5.27. The second kappa shape index (κ2) is 15.6. The van der Waals surface area contributed by atoms with Gasteiger partial charge in [0.05, 0.1) is 20.3 Å².